The first-order chi connectivity index (χ1) is 11.8. The summed E-state index contributed by atoms with van der Waals surface area (Å²) in [5.41, 5.74) is 2.39. The average Bonchev–Trinajstić information content (AvgIpc) is 2.64. The highest BCUT2D eigenvalue weighted by Gasteiger charge is 2.11. The Morgan fingerprint density at radius 3 is 2.58 bits per heavy atom. The lowest BCUT2D eigenvalue weighted by molar-refractivity contribution is 0.122. The van der Waals surface area contributed by atoms with Gasteiger partial charge in [0.15, 0.2) is 0 Å². The second kappa shape index (κ2) is 6.41. The van der Waals surface area contributed by atoms with Gasteiger partial charge in [-0.2, -0.15) is 0 Å². The van der Waals surface area contributed by atoms with Crippen molar-refractivity contribution in [3.63, 3.8) is 0 Å². The first-order valence-electron chi connectivity index (χ1n) is 7.90. The molecular weight excluding hydrogens is 307 g/mol. The molecule has 3 aromatic rings. The maximum Gasteiger partial charge on any atom is 0.149 e. The van der Waals surface area contributed by atoms with E-state index < -0.39 is 0 Å². The van der Waals surface area contributed by atoms with Gasteiger partial charge in [-0.1, -0.05) is 6.07 Å². The molecule has 1 aliphatic heterocycles. The number of benzene rings is 2. The number of para-hydroxylation sites is 1. The van der Waals surface area contributed by atoms with Gasteiger partial charge in [0, 0.05) is 29.9 Å². The Balaban J connectivity index is 1.58. The third-order valence-corrected chi connectivity index (χ3v) is 4.12. The van der Waals surface area contributed by atoms with Crippen molar-refractivity contribution in [1.29, 1.82) is 0 Å². The van der Waals surface area contributed by atoms with Crippen LogP contribution in [-0.4, -0.2) is 36.3 Å². The van der Waals surface area contributed by atoms with Crippen molar-refractivity contribution in [1.82, 2.24) is 9.97 Å². The van der Waals surface area contributed by atoms with Gasteiger partial charge in [0.25, 0.3) is 0 Å². The predicted molar refractivity (Wildman–Crippen MR) is 92.3 cm³/mol. The van der Waals surface area contributed by atoms with Crippen molar-refractivity contribution in [2.24, 2.45) is 0 Å². The first kappa shape index (κ1) is 14.8. The van der Waals surface area contributed by atoms with E-state index in [1.54, 1.807) is 6.07 Å². The van der Waals surface area contributed by atoms with E-state index >= 15 is 0 Å². The van der Waals surface area contributed by atoms with E-state index in [0.717, 1.165) is 32.0 Å². The Hall–Kier alpha value is -2.73. The molecule has 4 rings (SSSR count). The molecule has 0 amide bonds. The molecule has 1 N–H and O–H groups in total. The maximum absolute atomic E-state index is 13.8. The summed E-state index contributed by atoms with van der Waals surface area (Å²) in [5, 5.41) is 3.91. The molecule has 0 bridgehead atoms. The van der Waals surface area contributed by atoms with Crippen LogP contribution in [0, 0.1) is 5.82 Å². The second-order valence-electron chi connectivity index (χ2n) is 5.63. The zero-order valence-corrected chi connectivity index (χ0v) is 13.1. The zero-order chi connectivity index (χ0) is 16.4. The van der Waals surface area contributed by atoms with Crippen LogP contribution in [0.2, 0.25) is 0 Å². The third kappa shape index (κ3) is 2.88. The lowest BCUT2D eigenvalue weighted by Gasteiger charge is -2.28. The van der Waals surface area contributed by atoms with Gasteiger partial charge in [-0.15, -0.1) is 0 Å². The predicted octanol–water partition coefficient (Wildman–Crippen LogP) is 3.35. The number of nitrogens with zero attached hydrogens (tertiary/aromatic N) is 3. The molecule has 122 valence electrons. The van der Waals surface area contributed by atoms with Crippen molar-refractivity contribution in [2.75, 3.05) is 36.5 Å². The van der Waals surface area contributed by atoms with E-state index in [9.17, 15) is 4.39 Å². The molecule has 0 radical (unpaired) electrons. The van der Waals surface area contributed by atoms with Gasteiger partial charge in [0.2, 0.25) is 0 Å². The van der Waals surface area contributed by atoms with Crippen LogP contribution in [0.15, 0.2) is 48.8 Å². The third-order valence-electron chi connectivity index (χ3n) is 4.12. The van der Waals surface area contributed by atoms with Crippen LogP contribution in [0.5, 0.6) is 0 Å². The average molecular weight is 324 g/mol. The topological polar surface area (TPSA) is 50.3 Å². The molecule has 0 aliphatic carbocycles. The molecule has 1 fully saturated rings. The fourth-order valence-electron chi connectivity index (χ4n) is 2.86. The highest BCUT2D eigenvalue weighted by Crippen LogP contribution is 2.26. The van der Waals surface area contributed by atoms with E-state index in [-0.39, 0.29) is 5.82 Å². The molecule has 0 spiro atoms. The Morgan fingerprint density at radius 1 is 1.00 bits per heavy atom. The Kier molecular flexibility index (Phi) is 3.96. The van der Waals surface area contributed by atoms with Crippen LogP contribution in [0.1, 0.15) is 0 Å². The van der Waals surface area contributed by atoms with E-state index in [2.05, 4.69) is 32.3 Å². The second-order valence-corrected chi connectivity index (χ2v) is 5.63. The highest BCUT2D eigenvalue weighted by molar-refractivity contribution is 5.90. The summed E-state index contributed by atoms with van der Waals surface area (Å²) in [6.07, 6.45) is 1.37. The number of hydrogen-bond acceptors (Lipinski definition) is 5. The fraction of sp³-hybridized carbons (Fsp3) is 0.222. The number of nitrogens with one attached hydrogen (secondary N) is 1. The largest absolute Gasteiger partial charge is 0.378 e. The minimum Gasteiger partial charge on any atom is -0.378 e. The van der Waals surface area contributed by atoms with Crippen LogP contribution in [0.3, 0.4) is 0 Å². The van der Waals surface area contributed by atoms with Gasteiger partial charge in [-0.25, -0.2) is 14.4 Å². The highest BCUT2D eigenvalue weighted by atomic mass is 19.1. The summed E-state index contributed by atoms with van der Waals surface area (Å²) < 4.78 is 19.2. The quantitative estimate of drug-likeness (QED) is 0.801. The summed E-state index contributed by atoms with van der Waals surface area (Å²) in [5.74, 6) is 0.249. The van der Waals surface area contributed by atoms with Crippen molar-refractivity contribution < 1.29 is 9.13 Å². The van der Waals surface area contributed by atoms with Crippen LogP contribution >= 0.6 is 0 Å². The number of halogens is 1. The Bertz CT molecular complexity index is 847. The standard InChI is InChI=1S/C18H17FN4O/c19-16-3-1-2-15-17(16)20-12-21-18(15)22-13-4-6-14(7-5-13)23-8-10-24-11-9-23/h1-7,12H,8-11H2,(H,20,21,22). The molecule has 1 aliphatic rings. The molecule has 5 nitrogen and oxygen atoms in total. The van der Waals surface area contributed by atoms with Gasteiger partial charge in [-0.3, -0.25) is 0 Å². The van der Waals surface area contributed by atoms with Crippen LogP contribution < -0.4 is 10.2 Å². The van der Waals surface area contributed by atoms with Gasteiger partial charge < -0.3 is 15.0 Å². The molecule has 1 aromatic heterocycles. The normalized spacial score (nSPS) is 14.8. The van der Waals surface area contributed by atoms with Crippen molar-refractivity contribution >= 4 is 28.1 Å². The molecule has 1 saturated heterocycles. The lowest BCUT2D eigenvalue weighted by atomic mass is 10.2. The molecule has 0 saturated carbocycles. The monoisotopic (exact) mass is 324 g/mol. The Morgan fingerprint density at radius 2 is 1.79 bits per heavy atom. The SMILES string of the molecule is Fc1cccc2c(Nc3ccc(N4CCOCC4)cc3)ncnc12. The summed E-state index contributed by atoms with van der Waals surface area (Å²) >= 11 is 0. The van der Waals surface area contributed by atoms with Gasteiger partial charge in [-0.05, 0) is 36.4 Å². The van der Waals surface area contributed by atoms with E-state index in [1.165, 1.54) is 18.1 Å². The van der Waals surface area contributed by atoms with Crippen LogP contribution in [0.25, 0.3) is 10.9 Å². The molecule has 6 heteroatoms. The number of hydrogen-bond donors (Lipinski definition) is 1. The summed E-state index contributed by atoms with van der Waals surface area (Å²) in [6.45, 7) is 3.34. The van der Waals surface area contributed by atoms with Crippen LogP contribution in [-0.2, 0) is 4.74 Å². The summed E-state index contributed by atoms with van der Waals surface area (Å²) in [7, 11) is 0. The fourth-order valence-corrected chi connectivity index (χ4v) is 2.86. The minimum absolute atomic E-state index is 0.319. The number of aromatic nitrogens is 2. The number of fused-ring (bicyclic) bond motifs is 1. The van der Waals surface area contributed by atoms with E-state index in [0.29, 0.717) is 16.7 Å². The minimum atomic E-state index is -0.347. The van der Waals surface area contributed by atoms with Crippen molar-refractivity contribution in [3.8, 4) is 0 Å². The molecule has 24 heavy (non-hydrogen) atoms. The van der Waals surface area contributed by atoms with Gasteiger partial charge in [0.1, 0.15) is 23.5 Å². The molecule has 0 atom stereocenters. The smallest absolute Gasteiger partial charge is 0.149 e. The van der Waals surface area contributed by atoms with E-state index in [4.69, 9.17) is 4.74 Å². The number of ether oxygens (including phenoxy) is 1. The summed E-state index contributed by atoms with van der Waals surface area (Å²) in [4.78, 5) is 10.5. The summed E-state index contributed by atoms with van der Waals surface area (Å²) in [6, 6.07) is 13.0. The first-order valence-corrected chi connectivity index (χ1v) is 7.90. The van der Waals surface area contributed by atoms with Gasteiger partial charge >= 0.3 is 0 Å². The number of rotatable bonds is 3. The molecule has 2 heterocycles. The number of anilines is 3. The molecular formula is C18H17FN4O. The van der Waals surface area contributed by atoms with Crippen molar-refractivity contribution in [2.45, 2.75) is 0 Å². The molecule has 0 unspecified atom stereocenters. The van der Waals surface area contributed by atoms with E-state index in [1.807, 2.05) is 18.2 Å². The van der Waals surface area contributed by atoms with Crippen molar-refractivity contribution in [3.05, 3.63) is 54.6 Å². The van der Waals surface area contributed by atoms with Crippen LogP contribution in [0.4, 0.5) is 21.6 Å². The zero-order valence-electron chi connectivity index (χ0n) is 13.1. The lowest BCUT2D eigenvalue weighted by Crippen LogP contribution is -2.36. The molecule has 2 aromatic carbocycles. The Labute approximate surface area is 139 Å². The number of morpholine rings is 1. The maximum atomic E-state index is 13.8. The van der Waals surface area contributed by atoms with Gasteiger partial charge in [0.05, 0.1) is 13.2 Å².